The van der Waals surface area contributed by atoms with E-state index in [0.29, 0.717) is 25.2 Å². The molecule has 6 rings (SSSR count). The molecule has 3 aromatic rings. The lowest BCUT2D eigenvalue weighted by Gasteiger charge is -2.32. The molecule has 3 aliphatic rings. The van der Waals surface area contributed by atoms with Crippen molar-refractivity contribution in [3.63, 3.8) is 0 Å². The maximum absolute atomic E-state index is 13.5. The van der Waals surface area contributed by atoms with Gasteiger partial charge in [-0.15, -0.1) is 0 Å². The second-order valence-corrected chi connectivity index (χ2v) is 11.6. The third-order valence-electron chi connectivity index (χ3n) is 8.92. The van der Waals surface area contributed by atoms with E-state index in [4.69, 9.17) is 0 Å². The molecule has 2 amide bonds. The maximum atomic E-state index is 13.5. The number of nitrogens with zero attached hydrogens (tertiary/aromatic N) is 3. The summed E-state index contributed by atoms with van der Waals surface area (Å²) in [5, 5.41) is 3.15. The Morgan fingerprint density at radius 1 is 0.850 bits per heavy atom. The molecule has 2 saturated heterocycles. The molecule has 6 heteroatoms. The van der Waals surface area contributed by atoms with E-state index in [-0.39, 0.29) is 17.9 Å². The molecule has 3 aliphatic heterocycles. The van der Waals surface area contributed by atoms with Crippen LogP contribution in [0.25, 0.3) is 0 Å². The van der Waals surface area contributed by atoms with Gasteiger partial charge in [0.05, 0.1) is 13.1 Å². The van der Waals surface area contributed by atoms with Gasteiger partial charge in [0.1, 0.15) is 0 Å². The van der Waals surface area contributed by atoms with E-state index in [1.54, 1.807) is 0 Å². The van der Waals surface area contributed by atoms with Crippen molar-refractivity contribution in [2.45, 2.75) is 44.7 Å². The van der Waals surface area contributed by atoms with Crippen LogP contribution < -0.4 is 10.2 Å². The smallest absolute Gasteiger partial charge is 0.251 e. The molecule has 0 bridgehead atoms. The maximum Gasteiger partial charge on any atom is 0.251 e. The van der Waals surface area contributed by atoms with E-state index < -0.39 is 0 Å². The van der Waals surface area contributed by atoms with Crippen LogP contribution in [-0.2, 0) is 17.8 Å². The van der Waals surface area contributed by atoms with E-state index in [9.17, 15) is 9.59 Å². The Balaban J connectivity index is 1.08. The zero-order valence-corrected chi connectivity index (χ0v) is 23.3. The molecule has 208 valence electrons. The highest BCUT2D eigenvalue weighted by Crippen LogP contribution is 2.40. The van der Waals surface area contributed by atoms with Crippen molar-refractivity contribution in [3.8, 4) is 0 Å². The molecule has 2 fully saturated rings. The fourth-order valence-electron chi connectivity index (χ4n) is 6.69. The SMILES string of the molecule is O=C(NCCN1CCC(Cc2ccccc2)CC1)c1ccc2c(c1)N(Cc1ccccc1)C(=O)CN1CCC[C@H]21. The molecule has 0 aromatic heterocycles. The minimum atomic E-state index is -0.0681. The van der Waals surface area contributed by atoms with Crippen LogP contribution in [0, 0.1) is 5.92 Å². The molecular weight excluding hydrogens is 496 g/mol. The average Bonchev–Trinajstić information content (AvgIpc) is 3.41. The van der Waals surface area contributed by atoms with Crippen LogP contribution >= 0.6 is 0 Å². The molecular formula is C34H40N4O2. The van der Waals surface area contributed by atoms with Crippen LogP contribution in [0.1, 0.15) is 58.8 Å². The summed E-state index contributed by atoms with van der Waals surface area (Å²) < 4.78 is 0. The van der Waals surface area contributed by atoms with Gasteiger partial charge in [-0.3, -0.25) is 14.5 Å². The fourth-order valence-corrected chi connectivity index (χ4v) is 6.69. The lowest BCUT2D eigenvalue weighted by atomic mass is 9.90. The number of piperidine rings is 1. The molecule has 3 aromatic carbocycles. The van der Waals surface area contributed by atoms with Gasteiger partial charge in [0.15, 0.2) is 0 Å². The first-order valence-electron chi connectivity index (χ1n) is 14.9. The van der Waals surface area contributed by atoms with E-state index in [2.05, 4.69) is 63.6 Å². The van der Waals surface area contributed by atoms with Gasteiger partial charge in [0.25, 0.3) is 5.91 Å². The van der Waals surface area contributed by atoms with Gasteiger partial charge in [-0.1, -0.05) is 66.7 Å². The Morgan fingerprint density at radius 2 is 1.57 bits per heavy atom. The second-order valence-electron chi connectivity index (χ2n) is 11.6. The number of carbonyl (C=O) groups excluding carboxylic acids is 2. The molecule has 40 heavy (non-hydrogen) atoms. The number of amides is 2. The molecule has 0 radical (unpaired) electrons. The number of nitrogens with one attached hydrogen (secondary N) is 1. The third-order valence-corrected chi connectivity index (χ3v) is 8.92. The first-order valence-corrected chi connectivity index (χ1v) is 14.9. The van der Waals surface area contributed by atoms with Crippen molar-refractivity contribution in [2.24, 2.45) is 5.92 Å². The molecule has 1 N–H and O–H groups in total. The first kappa shape index (κ1) is 26.7. The van der Waals surface area contributed by atoms with Gasteiger partial charge in [-0.2, -0.15) is 0 Å². The summed E-state index contributed by atoms with van der Waals surface area (Å²) in [5.41, 5.74) is 5.19. The topological polar surface area (TPSA) is 55.9 Å². The molecule has 0 spiro atoms. The summed E-state index contributed by atoms with van der Waals surface area (Å²) in [7, 11) is 0. The van der Waals surface area contributed by atoms with Crippen molar-refractivity contribution in [2.75, 3.05) is 44.2 Å². The number of carbonyl (C=O) groups is 2. The number of benzene rings is 3. The number of rotatable bonds is 8. The lowest BCUT2D eigenvalue weighted by molar-refractivity contribution is -0.119. The van der Waals surface area contributed by atoms with Gasteiger partial charge in [-0.25, -0.2) is 0 Å². The van der Waals surface area contributed by atoms with Gasteiger partial charge in [-0.05, 0) is 86.5 Å². The average molecular weight is 537 g/mol. The third kappa shape index (κ3) is 6.13. The highest BCUT2D eigenvalue weighted by molar-refractivity contribution is 6.00. The summed E-state index contributed by atoms with van der Waals surface area (Å²) in [4.78, 5) is 33.4. The number of fused-ring (bicyclic) bond motifs is 3. The van der Waals surface area contributed by atoms with Crippen molar-refractivity contribution in [1.29, 1.82) is 0 Å². The Kier molecular flexibility index (Phi) is 8.26. The molecule has 1 atom stereocenters. The van der Waals surface area contributed by atoms with E-state index in [1.165, 1.54) is 18.4 Å². The van der Waals surface area contributed by atoms with Gasteiger partial charge in [0.2, 0.25) is 5.91 Å². The van der Waals surface area contributed by atoms with E-state index in [1.807, 2.05) is 35.2 Å². The van der Waals surface area contributed by atoms with Crippen LogP contribution in [0.5, 0.6) is 0 Å². The predicted octanol–water partition coefficient (Wildman–Crippen LogP) is 5.05. The van der Waals surface area contributed by atoms with Crippen molar-refractivity contribution in [3.05, 3.63) is 101 Å². The summed E-state index contributed by atoms with van der Waals surface area (Å²) in [6, 6.07) is 27.1. The summed E-state index contributed by atoms with van der Waals surface area (Å²) in [6.07, 6.45) is 5.72. The normalized spacial score (nSPS) is 20.1. The Labute approximate surface area is 238 Å². The van der Waals surface area contributed by atoms with Crippen LogP contribution in [-0.4, -0.2) is 60.9 Å². The van der Waals surface area contributed by atoms with E-state index >= 15 is 0 Å². The molecule has 6 nitrogen and oxygen atoms in total. The van der Waals surface area contributed by atoms with Crippen molar-refractivity contribution in [1.82, 2.24) is 15.1 Å². The summed E-state index contributed by atoms with van der Waals surface area (Å²) in [6.45, 7) is 5.54. The quantitative estimate of drug-likeness (QED) is 0.438. The number of hydrogen-bond acceptors (Lipinski definition) is 4. The minimum absolute atomic E-state index is 0.0681. The molecule has 0 saturated carbocycles. The summed E-state index contributed by atoms with van der Waals surface area (Å²) in [5.74, 6) is 0.772. The highest BCUT2D eigenvalue weighted by Gasteiger charge is 2.36. The molecule has 0 unspecified atom stereocenters. The Morgan fingerprint density at radius 3 is 2.33 bits per heavy atom. The zero-order valence-electron chi connectivity index (χ0n) is 23.3. The summed E-state index contributed by atoms with van der Waals surface area (Å²) >= 11 is 0. The first-order chi connectivity index (χ1) is 19.6. The Bertz CT molecular complexity index is 1300. The largest absolute Gasteiger partial charge is 0.351 e. The molecule has 3 heterocycles. The molecule has 0 aliphatic carbocycles. The fraction of sp³-hybridized carbons (Fsp3) is 0.412. The van der Waals surface area contributed by atoms with Gasteiger partial charge < -0.3 is 15.1 Å². The predicted molar refractivity (Wildman–Crippen MR) is 159 cm³/mol. The van der Waals surface area contributed by atoms with Crippen LogP contribution in [0.3, 0.4) is 0 Å². The standard InChI is InChI=1S/C34H40N4O2/c39-33-25-37-18-7-12-31(37)30-14-13-29(23-32(30)38(33)24-28-10-5-2-6-11-28)34(40)35-17-21-36-19-15-27(16-20-36)22-26-8-3-1-4-9-26/h1-6,8-11,13-14,23,27,31H,7,12,15-22,24-25H2,(H,35,40)/t31-/m1/s1. The number of hydrogen-bond donors (Lipinski definition) is 1. The van der Waals surface area contributed by atoms with Gasteiger partial charge >= 0.3 is 0 Å². The number of anilines is 1. The van der Waals surface area contributed by atoms with E-state index in [0.717, 1.165) is 68.2 Å². The minimum Gasteiger partial charge on any atom is -0.351 e. The van der Waals surface area contributed by atoms with Gasteiger partial charge in [0, 0.05) is 30.4 Å². The monoisotopic (exact) mass is 536 g/mol. The van der Waals surface area contributed by atoms with Crippen molar-refractivity contribution >= 4 is 17.5 Å². The van der Waals surface area contributed by atoms with Crippen LogP contribution in [0.4, 0.5) is 5.69 Å². The highest BCUT2D eigenvalue weighted by atomic mass is 16.2. The zero-order chi connectivity index (χ0) is 27.3. The van der Waals surface area contributed by atoms with Crippen molar-refractivity contribution < 1.29 is 9.59 Å². The number of likely N-dealkylation sites (tertiary alicyclic amines) is 1. The van der Waals surface area contributed by atoms with Crippen LogP contribution in [0.2, 0.25) is 0 Å². The second kappa shape index (κ2) is 12.4. The lowest BCUT2D eigenvalue weighted by Crippen LogP contribution is -2.40. The Hall–Kier alpha value is -3.48. The van der Waals surface area contributed by atoms with Crippen LogP contribution in [0.15, 0.2) is 78.9 Å².